The quantitative estimate of drug-likeness (QED) is 0.378. The van der Waals surface area contributed by atoms with Crippen LogP contribution in [0.25, 0.3) is 22.6 Å². The molecule has 4 rings (SSSR count). The van der Waals surface area contributed by atoms with Crippen LogP contribution in [0, 0.1) is 0 Å². The molecule has 0 aliphatic heterocycles. The summed E-state index contributed by atoms with van der Waals surface area (Å²) in [7, 11) is 1.62. The Morgan fingerprint density at radius 1 is 0.971 bits per heavy atom. The Balaban J connectivity index is 1.92. The number of H-pyrrole nitrogens is 1. The second-order valence-corrected chi connectivity index (χ2v) is 10.9. The molecule has 0 bridgehead atoms. The number of benzene rings is 2. The highest BCUT2D eigenvalue weighted by atomic mass is 16.7. The summed E-state index contributed by atoms with van der Waals surface area (Å²) in [6.45, 7) is 13.6. The van der Waals surface area contributed by atoms with Crippen molar-refractivity contribution in [1.82, 2.24) is 19.5 Å². The molecule has 0 aliphatic carbocycles. The molecule has 7 heteroatoms. The van der Waals surface area contributed by atoms with E-state index in [1.54, 1.807) is 13.4 Å². The monoisotopic (exact) mass is 474 g/mol. The molecule has 0 unspecified atom stereocenters. The topological polar surface area (TPSA) is 82.0 Å². The van der Waals surface area contributed by atoms with Crippen LogP contribution in [-0.4, -0.2) is 33.4 Å². The number of aromatic nitrogens is 4. The molecule has 0 saturated carbocycles. The fourth-order valence-electron chi connectivity index (χ4n) is 4.14. The molecule has 0 radical (unpaired) electrons. The molecule has 7 nitrogen and oxygen atoms in total. The first-order valence-corrected chi connectivity index (χ1v) is 11.8. The third-order valence-corrected chi connectivity index (χ3v) is 5.97. The lowest BCUT2D eigenvalue weighted by Gasteiger charge is -2.30. The Hall–Kier alpha value is -3.45. The fourth-order valence-corrected chi connectivity index (χ4v) is 4.14. The maximum atomic E-state index is 13.0. The van der Waals surface area contributed by atoms with E-state index in [0.29, 0.717) is 23.5 Å². The summed E-state index contributed by atoms with van der Waals surface area (Å²) in [5, 5.41) is 0. The third-order valence-electron chi connectivity index (χ3n) is 5.97. The van der Waals surface area contributed by atoms with E-state index in [-0.39, 0.29) is 23.2 Å². The van der Waals surface area contributed by atoms with E-state index in [2.05, 4.69) is 63.6 Å². The van der Waals surface area contributed by atoms with Gasteiger partial charge in [0.2, 0.25) is 0 Å². The molecule has 0 amide bonds. The first-order valence-electron chi connectivity index (χ1n) is 11.8. The van der Waals surface area contributed by atoms with Crippen LogP contribution >= 0.6 is 0 Å². The van der Waals surface area contributed by atoms with Gasteiger partial charge in [-0.25, -0.2) is 9.97 Å². The zero-order chi connectivity index (χ0) is 25.4. The predicted octanol–water partition coefficient (Wildman–Crippen LogP) is 5.41. The SMILES string of the molecule is COCOc1c(C(C)(C)C)cc(-c2nc3c(ncn3Cc3ccccc3)c(=O)[nH]2)cc1C(C)(C)C. The second kappa shape index (κ2) is 9.30. The van der Waals surface area contributed by atoms with Gasteiger partial charge in [-0.05, 0) is 28.5 Å². The van der Waals surface area contributed by atoms with Gasteiger partial charge in [0.1, 0.15) is 11.6 Å². The summed E-state index contributed by atoms with van der Waals surface area (Å²) in [5.74, 6) is 1.32. The van der Waals surface area contributed by atoms with E-state index in [0.717, 1.165) is 28.0 Å². The van der Waals surface area contributed by atoms with Crippen LogP contribution in [0.5, 0.6) is 5.75 Å². The van der Waals surface area contributed by atoms with Crippen LogP contribution in [0.1, 0.15) is 58.2 Å². The van der Waals surface area contributed by atoms with Gasteiger partial charge in [0.05, 0.1) is 12.9 Å². The van der Waals surface area contributed by atoms with Gasteiger partial charge in [-0.15, -0.1) is 0 Å². The Kier molecular flexibility index (Phi) is 6.56. The zero-order valence-corrected chi connectivity index (χ0v) is 21.6. The Morgan fingerprint density at radius 3 is 2.17 bits per heavy atom. The van der Waals surface area contributed by atoms with Crippen LogP contribution < -0.4 is 10.3 Å². The van der Waals surface area contributed by atoms with Gasteiger partial charge in [0, 0.05) is 23.8 Å². The fraction of sp³-hybridized carbons (Fsp3) is 0.393. The maximum absolute atomic E-state index is 13.0. The Bertz CT molecular complexity index is 1350. The van der Waals surface area contributed by atoms with Crippen molar-refractivity contribution in [3.8, 4) is 17.1 Å². The maximum Gasteiger partial charge on any atom is 0.279 e. The molecule has 0 fully saturated rings. The first kappa shape index (κ1) is 24.7. The van der Waals surface area contributed by atoms with Crippen molar-refractivity contribution in [2.45, 2.75) is 58.9 Å². The molecule has 184 valence electrons. The number of ether oxygens (including phenoxy) is 2. The summed E-state index contributed by atoms with van der Waals surface area (Å²) in [6, 6.07) is 14.2. The average Bonchev–Trinajstić information content (AvgIpc) is 3.19. The summed E-state index contributed by atoms with van der Waals surface area (Å²) < 4.78 is 13.2. The van der Waals surface area contributed by atoms with E-state index in [1.165, 1.54) is 0 Å². The number of imidazole rings is 1. The van der Waals surface area contributed by atoms with Crippen LogP contribution in [0.2, 0.25) is 0 Å². The van der Waals surface area contributed by atoms with Crippen molar-refractivity contribution in [2.24, 2.45) is 0 Å². The van der Waals surface area contributed by atoms with Crippen molar-refractivity contribution in [3.63, 3.8) is 0 Å². The molecule has 0 atom stereocenters. The summed E-state index contributed by atoms with van der Waals surface area (Å²) in [5.41, 5.74) is 4.20. The van der Waals surface area contributed by atoms with Gasteiger partial charge in [-0.1, -0.05) is 71.9 Å². The van der Waals surface area contributed by atoms with E-state index in [9.17, 15) is 4.79 Å². The molecule has 35 heavy (non-hydrogen) atoms. The van der Waals surface area contributed by atoms with Crippen molar-refractivity contribution in [3.05, 3.63) is 75.8 Å². The minimum Gasteiger partial charge on any atom is -0.467 e. The molecule has 4 aromatic rings. The molecule has 0 saturated heterocycles. The lowest BCUT2D eigenvalue weighted by Crippen LogP contribution is -2.21. The first-order chi connectivity index (χ1) is 16.5. The average molecular weight is 475 g/mol. The minimum atomic E-state index is -0.258. The van der Waals surface area contributed by atoms with Crippen molar-refractivity contribution in [1.29, 1.82) is 0 Å². The van der Waals surface area contributed by atoms with Gasteiger partial charge in [0.25, 0.3) is 5.56 Å². The largest absolute Gasteiger partial charge is 0.467 e. The van der Waals surface area contributed by atoms with Gasteiger partial charge in [-0.2, -0.15) is 0 Å². The molecular weight excluding hydrogens is 440 g/mol. The van der Waals surface area contributed by atoms with Gasteiger partial charge < -0.3 is 19.0 Å². The van der Waals surface area contributed by atoms with E-state index >= 15 is 0 Å². The van der Waals surface area contributed by atoms with Crippen LogP contribution in [0.4, 0.5) is 0 Å². The van der Waals surface area contributed by atoms with Crippen LogP contribution in [0.3, 0.4) is 0 Å². The smallest absolute Gasteiger partial charge is 0.279 e. The van der Waals surface area contributed by atoms with Crippen molar-refractivity contribution < 1.29 is 9.47 Å². The second-order valence-electron chi connectivity index (χ2n) is 10.9. The minimum absolute atomic E-state index is 0.158. The van der Waals surface area contributed by atoms with Gasteiger partial charge >= 0.3 is 0 Å². The number of hydrogen-bond acceptors (Lipinski definition) is 5. The number of aromatic amines is 1. The molecule has 1 N–H and O–H groups in total. The molecule has 2 heterocycles. The van der Waals surface area contributed by atoms with E-state index in [4.69, 9.17) is 14.5 Å². The summed E-state index contributed by atoms with van der Waals surface area (Å²) in [6.07, 6.45) is 1.67. The number of methoxy groups -OCH3 is 1. The molecule has 0 spiro atoms. The molecular formula is C28H34N4O3. The zero-order valence-electron chi connectivity index (χ0n) is 21.6. The third kappa shape index (κ3) is 5.15. The van der Waals surface area contributed by atoms with E-state index in [1.807, 2.05) is 34.9 Å². The van der Waals surface area contributed by atoms with Crippen LogP contribution in [-0.2, 0) is 22.1 Å². The van der Waals surface area contributed by atoms with E-state index < -0.39 is 0 Å². The Morgan fingerprint density at radius 2 is 1.60 bits per heavy atom. The molecule has 2 aromatic carbocycles. The highest BCUT2D eigenvalue weighted by Crippen LogP contribution is 2.42. The number of fused-ring (bicyclic) bond motifs is 1. The number of hydrogen-bond donors (Lipinski definition) is 1. The summed E-state index contributed by atoms with van der Waals surface area (Å²) >= 11 is 0. The van der Waals surface area contributed by atoms with Crippen LogP contribution in [0.15, 0.2) is 53.6 Å². The molecule has 2 aromatic heterocycles. The number of nitrogens with zero attached hydrogens (tertiary/aromatic N) is 3. The summed E-state index contributed by atoms with van der Waals surface area (Å²) in [4.78, 5) is 25.2. The number of nitrogens with one attached hydrogen (secondary N) is 1. The highest BCUT2D eigenvalue weighted by molar-refractivity contribution is 5.74. The standard InChI is InChI=1S/C28H34N4O3/c1-27(2,3)20-13-19(14-21(28(4,5)6)23(20)35-17-34-7)24-30-25-22(26(33)31-24)29-16-32(25)15-18-11-9-8-10-12-18/h8-14,16H,15,17H2,1-7H3,(H,30,31,33). The predicted molar refractivity (Wildman–Crippen MR) is 139 cm³/mol. The van der Waals surface area contributed by atoms with Crippen molar-refractivity contribution in [2.75, 3.05) is 13.9 Å². The van der Waals surface area contributed by atoms with Crippen molar-refractivity contribution >= 4 is 11.2 Å². The lowest BCUT2D eigenvalue weighted by molar-refractivity contribution is 0.0484. The Labute approximate surface area is 206 Å². The number of rotatable bonds is 6. The van der Waals surface area contributed by atoms with Gasteiger partial charge in [0.15, 0.2) is 18.0 Å². The van der Waals surface area contributed by atoms with Gasteiger partial charge in [-0.3, -0.25) is 4.79 Å². The molecule has 0 aliphatic rings. The highest BCUT2D eigenvalue weighted by Gasteiger charge is 2.29. The normalized spacial score (nSPS) is 12.3. The lowest BCUT2D eigenvalue weighted by atomic mass is 9.78.